The lowest BCUT2D eigenvalue weighted by molar-refractivity contribution is 0.590. The average molecular weight is 316 g/mol. The molecule has 1 aromatic carbocycles. The van der Waals surface area contributed by atoms with Crippen LogP contribution in [0.3, 0.4) is 0 Å². The quantitative estimate of drug-likeness (QED) is 0.697. The Bertz CT molecular complexity index is 302. The highest BCUT2D eigenvalue weighted by atomic mass is 79.9. The number of halogens is 2. The third kappa shape index (κ3) is 3.22. The Hall–Kier alpha value is 0.946. The van der Waals surface area contributed by atoms with Crippen LogP contribution in [-0.4, -0.2) is 18.2 Å². The van der Waals surface area contributed by atoms with Gasteiger partial charge in [0.1, 0.15) is 0 Å². The summed E-state index contributed by atoms with van der Waals surface area (Å²) in [5.41, 5.74) is 1.63. The molecule has 0 saturated heterocycles. The first-order valence-corrected chi connectivity index (χ1v) is 9.70. The minimum Gasteiger partial charge on any atom is -0.296 e. The summed E-state index contributed by atoms with van der Waals surface area (Å²) in [5, 5.41) is 0. The average Bonchev–Trinajstić information content (AvgIpc) is 2.02. The van der Waals surface area contributed by atoms with Gasteiger partial charge in [0.05, 0.1) is 0 Å². The van der Waals surface area contributed by atoms with Gasteiger partial charge in [-0.05, 0) is 21.5 Å². The molecule has 68 valence electrons. The molecule has 0 radical (unpaired) electrons. The maximum atomic E-state index is 3.60. The SMILES string of the molecule is CC(C)(C)c1cc[c]([Mg][Br])c(Br)c1. The smallest absolute Gasteiger partial charge is 0.296 e. The van der Waals surface area contributed by atoms with Crippen molar-refractivity contribution in [2.45, 2.75) is 26.2 Å². The van der Waals surface area contributed by atoms with Crippen LogP contribution in [0.2, 0.25) is 0 Å². The van der Waals surface area contributed by atoms with E-state index in [1.54, 1.807) is 0 Å². The molecular formula is C10H12Br2Mg. The molecule has 0 N–H and O–H groups in total. The summed E-state index contributed by atoms with van der Waals surface area (Å²) < 4.78 is 2.69. The fraction of sp³-hybridized carbons (Fsp3) is 0.400. The summed E-state index contributed by atoms with van der Waals surface area (Å²) in [4.78, 5) is 0. The minimum absolute atomic E-state index is 0.232. The summed E-state index contributed by atoms with van der Waals surface area (Å²) in [7, 11) is 0. The van der Waals surface area contributed by atoms with Gasteiger partial charge in [-0.2, -0.15) is 0 Å². The molecule has 0 nitrogen and oxygen atoms in total. The van der Waals surface area contributed by atoms with E-state index in [4.69, 9.17) is 0 Å². The second kappa shape index (κ2) is 4.64. The lowest BCUT2D eigenvalue weighted by atomic mass is 9.87. The molecule has 13 heavy (non-hydrogen) atoms. The molecule has 0 saturated carbocycles. The van der Waals surface area contributed by atoms with E-state index in [0.717, 1.165) is 0 Å². The largest absolute Gasteiger partial charge is 0.508 e. The third-order valence-electron chi connectivity index (χ3n) is 2.06. The fourth-order valence-electron chi connectivity index (χ4n) is 1.12. The highest BCUT2D eigenvalue weighted by molar-refractivity contribution is 9.23. The van der Waals surface area contributed by atoms with Gasteiger partial charge in [0, 0.05) is 0 Å². The number of hydrogen-bond donors (Lipinski definition) is 0. The van der Waals surface area contributed by atoms with Gasteiger partial charge in [-0.3, -0.25) is 12.9 Å². The van der Waals surface area contributed by atoms with Crippen molar-refractivity contribution in [3.05, 3.63) is 28.2 Å². The highest BCUT2D eigenvalue weighted by Crippen LogP contribution is 2.23. The first-order valence-electron chi connectivity index (χ1n) is 4.30. The van der Waals surface area contributed by atoms with Gasteiger partial charge >= 0.3 is 18.2 Å². The summed E-state index contributed by atoms with van der Waals surface area (Å²) in [6, 6.07) is 6.70. The zero-order valence-corrected chi connectivity index (χ0v) is 12.8. The van der Waals surface area contributed by atoms with Crippen LogP contribution in [0.5, 0.6) is 0 Å². The number of benzene rings is 1. The van der Waals surface area contributed by atoms with E-state index in [2.05, 4.69) is 67.8 Å². The third-order valence-corrected chi connectivity index (χ3v) is 6.04. The molecule has 0 aliphatic carbocycles. The molecular weight excluding hydrogens is 304 g/mol. The van der Waals surface area contributed by atoms with Crippen LogP contribution < -0.4 is 3.69 Å². The van der Waals surface area contributed by atoms with E-state index >= 15 is 0 Å². The molecule has 3 heteroatoms. The second-order valence-corrected chi connectivity index (χ2v) is 7.76. The molecule has 0 spiro atoms. The molecule has 1 aromatic rings. The molecule has 0 aliphatic heterocycles. The first kappa shape index (κ1) is 12.0. The normalized spacial score (nSPS) is 11.2. The Balaban J connectivity index is 3.10. The Morgan fingerprint density at radius 1 is 1.23 bits per heavy atom. The zero-order chi connectivity index (χ0) is 10.1. The number of rotatable bonds is 1. The van der Waals surface area contributed by atoms with Crippen molar-refractivity contribution in [3.8, 4) is 0 Å². The highest BCUT2D eigenvalue weighted by Gasteiger charge is 2.14. The van der Waals surface area contributed by atoms with Crippen molar-refractivity contribution < 1.29 is 0 Å². The van der Waals surface area contributed by atoms with Crippen LogP contribution in [0.15, 0.2) is 22.7 Å². The summed E-state index contributed by atoms with van der Waals surface area (Å²) >= 11 is 6.96. The summed E-state index contributed by atoms with van der Waals surface area (Å²) in [5.74, 6) is 0. The van der Waals surface area contributed by atoms with E-state index in [9.17, 15) is 0 Å². The van der Waals surface area contributed by atoms with Crippen molar-refractivity contribution in [1.29, 1.82) is 0 Å². The van der Waals surface area contributed by atoms with E-state index in [0.29, 0.717) is 0 Å². The van der Waals surface area contributed by atoms with Crippen LogP contribution in [0, 0.1) is 0 Å². The molecule has 1 rings (SSSR count). The Labute approximate surface area is 104 Å². The van der Waals surface area contributed by atoms with Gasteiger partial charge in [0.25, 0.3) is 0 Å². The van der Waals surface area contributed by atoms with Gasteiger partial charge in [-0.25, -0.2) is 0 Å². The molecule has 0 fully saturated rings. The van der Waals surface area contributed by atoms with Crippen molar-refractivity contribution >= 4 is 50.7 Å². The van der Waals surface area contributed by atoms with Crippen molar-refractivity contribution in [3.63, 3.8) is 0 Å². The lowest BCUT2D eigenvalue weighted by Gasteiger charge is -2.20. The van der Waals surface area contributed by atoms with Gasteiger partial charge in [0.2, 0.25) is 0 Å². The van der Waals surface area contributed by atoms with Crippen molar-refractivity contribution in [1.82, 2.24) is 0 Å². The molecule has 0 bridgehead atoms. The molecule has 0 amide bonds. The first-order chi connectivity index (χ1) is 5.95. The lowest BCUT2D eigenvalue weighted by Crippen LogP contribution is -2.16. The predicted octanol–water partition coefficient (Wildman–Crippen LogP) is 3.39. The Morgan fingerprint density at radius 3 is 2.23 bits per heavy atom. The van der Waals surface area contributed by atoms with Crippen molar-refractivity contribution in [2.24, 2.45) is 0 Å². The van der Waals surface area contributed by atoms with Crippen molar-refractivity contribution in [2.75, 3.05) is 0 Å². The standard InChI is InChI=1S/C10H12Br.BrH.Mg/c1-10(2,3)8-5-4-6-9(11)7-8;;/h4-5,7H,1-3H3;1H;/q;;+1/p-1. The topological polar surface area (TPSA) is 0 Å². The Morgan fingerprint density at radius 2 is 1.85 bits per heavy atom. The monoisotopic (exact) mass is 314 g/mol. The van der Waals surface area contributed by atoms with Crippen LogP contribution in [-0.2, 0) is 5.41 Å². The van der Waals surface area contributed by atoms with Gasteiger partial charge in [-0.1, -0.05) is 48.8 Å². The number of hydrogen-bond acceptors (Lipinski definition) is 0. The maximum Gasteiger partial charge on any atom is 0.508 e. The molecule has 0 heterocycles. The van der Waals surface area contributed by atoms with E-state index < -0.39 is 0 Å². The van der Waals surface area contributed by atoms with Crippen LogP contribution in [0.25, 0.3) is 0 Å². The van der Waals surface area contributed by atoms with E-state index in [-0.39, 0.29) is 23.6 Å². The van der Waals surface area contributed by atoms with E-state index in [1.165, 1.54) is 13.7 Å². The molecule has 0 unspecified atom stereocenters. The molecule has 0 atom stereocenters. The minimum atomic E-state index is -0.232. The van der Waals surface area contributed by atoms with Gasteiger partial charge in [-0.15, -0.1) is 3.69 Å². The van der Waals surface area contributed by atoms with E-state index in [1.807, 2.05) is 0 Å². The second-order valence-electron chi connectivity index (χ2n) is 4.19. The predicted molar refractivity (Wildman–Crippen MR) is 67.2 cm³/mol. The Kier molecular flexibility index (Phi) is 4.29. The molecule has 0 aromatic heterocycles. The zero-order valence-electron chi connectivity index (χ0n) is 8.20. The molecule has 0 aliphatic rings. The summed E-state index contributed by atoms with van der Waals surface area (Å²) in [6.45, 7) is 6.71. The van der Waals surface area contributed by atoms with Crippen LogP contribution >= 0.6 is 28.8 Å². The maximum absolute atomic E-state index is 3.60. The van der Waals surface area contributed by atoms with Crippen LogP contribution in [0.4, 0.5) is 0 Å². The van der Waals surface area contributed by atoms with Gasteiger partial charge in [0.15, 0.2) is 0 Å². The summed E-state index contributed by atoms with van der Waals surface area (Å²) in [6.07, 6.45) is 0. The fourth-order valence-corrected chi connectivity index (χ4v) is 4.95. The van der Waals surface area contributed by atoms with Crippen LogP contribution in [0.1, 0.15) is 26.3 Å². The van der Waals surface area contributed by atoms with Gasteiger partial charge < -0.3 is 0 Å².